The van der Waals surface area contributed by atoms with E-state index < -0.39 is 5.41 Å². The minimum Gasteiger partial charge on any atom is -0.509 e. The van der Waals surface area contributed by atoms with Gasteiger partial charge in [0.2, 0.25) is 0 Å². The summed E-state index contributed by atoms with van der Waals surface area (Å²) in [6, 6.07) is 97.0. The monoisotopic (exact) mass is 1370 g/mol. The van der Waals surface area contributed by atoms with Crippen LogP contribution in [-0.4, -0.2) is 9.55 Å². The van der Waals surface area contributed by atoms with Crippen molar-refractivity contribution in [1.29, 1.82) is 0 Å². The van der Waals surface area contributed by atoms with Gasteiger partial charge >= 0.3 is 0 Å². The second-order valence-corrected chi connectivity index (χ2v) is 28.1. The molecule has 0 saturated carbocycles. The van der Waals surface area contributed by atoms with Crippen LogP contribution in [0.15, 0.2) is 249 Å². The molecule has 6 heteroatoms. The van der Waals surface area contributed by atoms with E-state index in [9.17, 15) is 0 Å². The molecule has 0 saturated heterocycles. The van der Waals surface area contributed by atoms with Crippen molar-refractivity contribution in [3.05, 3.63) is 318 Å². The van der Waals surface area contributed by atoms with Gasteiger partial charge in [0.15, 0.2) is 0 Å². The molecule has 0 amide bonds. The number of rotatable bonds is 8. The first-order valence-electron chi connectivity index (χ1n) is 32.0. The number of ether oxygens (including phenoxy) is 1. The summed E-state index contributed by atoms with van der Waals surface area (Å²) in [5, 5.41) is 2.19. The van der Waals surface area contributed by atoms with E-state index in [0.717, 1.165) is 84.6 Å². The largest absolute Gasteiger partial charge is 0.509 e. The molecule has 1 spiro atoms. The van der Waals surface area contributed by atoms with Gasteiger partial charge in [0.05, 0.1) is 5.41 Å². The van der Waals surface area contributed by atoms with Crippen LogP contribution in [0.3, 0.4) is 0 Å². The van der Waals surface area contributed by atoms with E-state index >= 15 is 0 Å². The predicted molar refractivity (Wildman–Crippen MR) is 377 cm³/mol. The predicted octanol–water partition coefficient (Wildman–Crippen LogP) is 22.1. The zero-order valence-corrected chi connectivity index (χ0v) is 55.7. The van der Waals surface area contributed by atoms with Gasteiger partial charge in [-0.2, -0.15) is 12.1 Å². The zero-order chi connectivity index (χ0) is 62.1. The number of fused-ring (bicyclic) bond motifs is 13. The van der Waals surface area contributed by atoms with Crippen molar-refractivity contribution in [1.82, 2.24) is 9.55 Å². The number of para-hydroxylation sites is 4. The summed E-state index contributed by atoms with van der Waals surface area (Å²) in [6.45, 7) is 23.0. The van der Waals surface area contributed by atoms with E-state index in [0.29, 0.717) is 11.5 Å². The van der Waals surface area contributed by atoms with Crippen LogP contribution in [-0.2, 0) is 49.1 Å². The third-order valence-electron chi connectivity index (χ3n) is 19.3. The van der Waals surface area contributed by atoms with Gasteiger partial charge in [-0.1, -0.05) is 244 Å². The van der Waals surface area contributed by atoms with E-state index in [-0.39, 0.29) is 37.3 Å². The molecule has 0 bridgehead atoms. The van der Waals surface area contributed by atoms with E-state index in [1.165, 1.54) is 66.8 Å². The summed E-state index contributed by atoms with van der Waals surface area (Å²) < 4.78 is 9.06. The average Bonchev–Trinajstić information content (AvgIpc) is 1.47. The van der Waals surface area contributed by atoms with Crippen molar-refractivity contribution in [3.8, 4) is 61.8 Å². The number of nitrogens with zero attached hydrogens (tertiary/aromatic N) is 4. The SMILES string of the molecule is CC(C)(C)c1cccc(-c2ccc(-n3c4[c-]c(Oc5[c-]c(N6[CH-]N(c7c(-c8cc(C(C)(C)C)cc(C(C)(C)C)c8)cccc7-c7ccc8c(c7)-c7ccccc7C87c8ccccc8Cc8ccccc87)c7ccccc76)ccc5)ccc4c4ccccc43)nc2)c1.[Pt]. The summed E-state index contributed by atoms with van der Waals surface area (Å²) in [6.07, 6.45) is 2.90. The molecular formula is C86H71N4OPt-3. The molecule has 3 aliphatic rings. The Labute approximate surface area is 555 Å². The molecule has 0 atom stereocenters. The fraction of sp³-hybridized carbons (Fsp3) is 0.163. The number of hydrogen-bond acceptors (Lipinski definition) is 4. The summed E-state index contributed by atoms with van der Waals surface area (Å²) in [5.74, 6) is 1.97. The average molecular weight is 1370 g/mol. The van der Waals surface area contributed by atoms with Crippen LogP contribution in [0.25, 0.3) is 72.1 Å². The summed E-state index contributed by atoms with van der Waals surface area (Å²) in [4.78, 5) is 9.79. The Kier molecular flexibility index (Phi) is 14.1. The van der Waals surface area contributed by atoms with Gasteiger partial charge in [0, 0.05) is 78.0 Å². The van der Waals surface area contributed by atoms with Crippen LogP contribution in [0.2, 0.25) is 0 Å². The maximum absolute atomic E-state index is 6.86. The molecule has 454 valence electrons. The molecular weight excluding hydrogens is 1300 g/mol. The number of benzene rings is 11. The van der Waals surface area contributed by atoms with E-state index in [2.05, 4.69) is 326 Å². The third kappa shape index (κ3) is 9.65. The van der Waals surface area contributed by atoms with Gasteiger partial charge in [0.25, 0.3) is 0 Å². The Balaban J connectivity index is 0.00000702. The van der Waals surface area contributed by atoms with Crippen LogP contribution in [0.1, 0.15) is 112 Å². The molecule has 16 rings (SSSR count). The smallest absolute Gasteiger partial charge is 0.135 e. The Morgan fingerprint density at radius 2 is 1.00 bits per heavy atom. The fourth-order valence-corrected chi connectivity index (χ4v) is 14.6. The molecule has 2 aromatic heterocycles. The molecule has 1 aliphatic heterocycles. The van der Waals surface area contributed by atoms with Gasteiger partial charge < -0.3 is 19.1 Å². The fourth-order valence-electron chi connectivity index (χ4n) is 14.6. The van der Waals surface area contributed by atoms with Gasteiger partial charge in [-0.25, -0.2) is 4.98 Å². The third-order valence-corrected chi connectivity index (χ3v) is 19.3. The zero-order valence-electron chi connectivity index (χ0n) is 53.5. The van der Waals surface area contributed by atoms with Crippen LogP contribution < -0.4 is 14.5 Å². The number of hydrogen-bond donors (Lipinski definition) is 0. The maximum atomic E-state index is 6.86. The molecule has 3 heterocycles. The Bertz CT molecular complexity index is 4990. The number of aromatic nitrogens is 2. The van der Waals surface area contributed by atoms with Crippen molar-refractivity contribution in [3.63, 3.8) is 0 Å². The molecule has 5 nitrogen and oxygen atoms in total. The molecule has 92 heavy (non-hydrogen) atoms. The van der Waals surface area contributed by atoms with Crippen molar-refractivity contribution >= 4 is 44.6 Å². The standard InChI is InChI=1S/C86H71N4O.Pt/c1-83(2,3)61-26-20-25-55(46-61)59-40-44-81(87-53-59)90-77-36-17-13-30-70(77)71-42-41-66(52-80(71)90)91-65-28-21-27-64(51-65)88-54-89(79-38-19-18-37-78(79)88)82-67(31-22-32-68(82)60-47-62(84(4,5)6)50-63(48-60)85(7,8)9)56-39-43-76-72(49-56)69-29-12-16-35-75(69)86(76)73-33-14-10-23-57(73)45-58-24-11-15-34-74(58)86;/h10-44,46-50,53-54H,45H2,1-9H3;/q-3;. The molecule has 0 fully saturated rings. The second-order valence-electron chi connectivity index (χ2n) is 28.1. The number of pyridine rings is 1. The van der Waals surface area contributed by atoms with Crippen molar-refractivity contribution in [2.24, 2.45) is 0 Å². The van der Waals surface area contributed by atoms with Gasteiger partial charge in [-0.15, -0.1) is 48.1 Å². The van der Waals surface area contributed by atoms with E-state index in [4.69, 9.17) is 9.72 Å². The Hall–Kier alpha value is -9.54. The first kappa shape index (κ1) is 58.8. The molecule has 0 unspecified atom stereocenters. The van der Waals surface area contributed by atoms with E-state index in [1.54, 1.807) is 0 Å². The van der Waals surface area contributed by atoms with Crippen molar-refractivity contribution in [2.45, 2.75) is 90.4 Å². The first-order valence-corrected chi connectivity index (χ1v) is 32.0. The molecule has 2 aliphatic carbocycles. The van der Waals surface area contributed by atoms with E-state index in [1.807, 2.05) is 18.3 Å². The van der Waals surface area contributed by atoms with Crippen LogP contribution in [0.5, 0.6) is 11.5 Å². The summed E-state index contributed by atoms with van der Waals surface area (Å²) in [5.41, 5.74) is 26.8. The molecule has 11 aromatic carbocycles. The van der Waals surface area contributed by atoms with Gasteiger partial charge in [-0.05, 0) is 142 Å². The summed E-state index contributed by atoms with van der Waals surface area (Å²) in [7, 11) is 0. The topological polar surface area (TPSA) is 33.5 Å². The van der Waals surface area contributed by atoms with Crippen molar-refractivity contribution in [2.75, 3.05) is 9.80 Å². The van der Waals surface area contributed by atoms with Crippen LogP contribution in [0, 0.1) is 18.8 Å². The second kappa shape index (κ2) is 22.1. The van der Waals surface area contributed by atoms with Gasteiger partial charge in [0.1, 0.15) is 5.82 Å². The minimum absolute atomic E-state index is 0. The van der Waals surface area contributed by atoms with Crippen molar-refractivity contribution < 1.29 is 25.8 Å². The summed E-state index contributed by atoms with van der Waals surface area (Å²) >= 11 is 0. The van der Waals surface area contributed by atoms with Gasteiger partial charge in [-0.3, -0.25) is 0 Å². The molecule has 0 N–H and O–H groups in total. The normalized spacial score (nSPS) is 13.8. The Morgan fingerprint density at radius 3 is 1.71 bits per heavy atom. The maximum Gasteiger partial charge on any atom is 0.135 e. The molecule has 13 aromatic rings. The first-order chi connectivity index (χ1) is 44.0. The minimum atomic E-state index is -0.455. The molecule has 0 radical (unpaired) electrons. The van der Waals surface area contributed by atoms with Crippen LogP contribution in [0.4, 0.5) is 22.7 Å². The number of anilines is 4. The van der Waals surface area contributed by atoms with Crippen LogP contribution >= 0.6 is 0 Å². The Morgan fingerprint density at radius 1 is 0.424 bits per heavy atom. The quantitative estimate of drug-likeness (QED) is 0.142.